The van der Waals surface area contributed by atoms with Gasteiger partial charge in [-0.05, 0) is 19.8 Å². The normalized spacial score (nSPS) is 14.2. The number of carboxylic acids is 1. The molecule has 1 N–H and O–H groups in total. The summed E-state index contributed by atoms with van der Waals surface area (Å²) in [6.45, 7) is 1.20. The van der Waals surface area contributed by atoms with E-state index in [0.717, 1.165) is 6.20 Å². The van der Waals surface area contributed by atoms with Crippen LogP contribution in [0, 0.1) is 28.7 Å². The van der Waals surface area contributed by atoms with E-state index < -0.39 is 44.6 Å². The molecule has 2 aromatic rings. The third kappa shape index (κ3) is 2.07. The summed E-state index contributed by atoms with van der Waals surface area (Å²) >= 11 is 0. The predicted molar refractivity (Wildman–Crippen MR) is 74.7 cm³/mol. The maximum Gasteiger partial charge on any atom is 0.341 e. The first-order valence-electron chi connectivity index (χ1n) is 6.69. The van der Waals surface area contributed by atoms with Crippen molar-refractivity contribution < 1.29 is 23.6 Å². The predicted octanol–water partition coefficient (Wildman–Crippen LogP) is 2.53. The molecule has 3 rings (SSSR count). The highest BCUT2D eigenvalue weighted by molar-refractivity contribution is 5.97. The van der Waals surface area contributed by atoms with E-state index in [4.69, 9.17) is 5.11 Å². The van der Waals surface area contributed by atoms with E-state index in [-0.39, 0.29) is 17.1 Å². The Balaban J connectivity index is 2.65. The van der Waals surface area contributed by atoms with E-state index in [0.29, 0.717) is 12.8 Å². The maximum atomic E-state index is 14.0. The first kappa shape index (κ1) is 15.1. The molecule has 23 heavy (non-hydrogen) atoms. The van der Waals surface area contributed by atoms with Crippen LogP contribution in [0.1, 0.15) is 34.8 Å². The van der Waals surface area contributed by atoms with Gasteiger partial charge in [0.15, 0.2) is 5.82 Å². The average molecular weight is 324 g/mol. The fourth-order valence-corrected chi connectivity index (χ4v) is 2.68. The molecular formula is C14H10F2N2O5. The second-order valence-corrected chi connectivity index (χ2v) is 5.40. The lowest BCUT2D eigenvalue weighted by molar-refractivity contribution is -0.386. The SMILES string of the molecule is Cc1c(F)c(F)c([N+](=O)[O-])c2c(=O)c(C(=O)O)cn(C3CC3)c12. The van der Waals surface area contributed by atoms with E-state index in [2.05, 4.69) is 0 Å². The van der Waals surface area contributed by atoms with Gasteiger partial charge in [0.2, 0.25) is 11.2 Å². The van der Waals surface area contributed by atoms with Crippen LogP contribution in [0.2, 0.25) is 0 Å². The number of aromatic carboxylic acids is 1. The quantitative estimate of drug-likeness (QED) is 0.690. The number of carbonyl (C=O) groups is 1. The molecule has 9 heteroatoms. The van der Waals surface area contributed by atoms with Crippen molar-refractivity contribution >= 4 is 22.6 Å². The molecule has 0 radical (unpaired) electrons. The molecule has 1 aliphatic rings. The summed E-state index contributed by atoms with van der Waals surface area (Å²) in [6, 6.07) is -0.195. The summed E-state index contributed by atoms with van der Waals surface area (Å²) < 4.78 is 29.3. The lowest BCUT2D eigenvalue weighted by Crippen LogP contribution is -2.21. The average Bonchev–Trinajstić information content (AvgIpc) is 3.29. The van der Waals surface area contributed by atoms with Crippen LogP contribution in [0.4, 0.5) is 14.5 Å². The van der Waals surface area contributed by atoms with Gasteiger partial charge in [0.1, 0.15) is 10.9 Å². The summed E-state index contributed by atoms with van der Waals surface area (Å²) in [5.74, 6) is -4.76. The molecule has 0 unspecified atom stereocenters. The van der Waals surface area contributed by atoms with Crippen LogP contribution >= 0.6 is 0 Å². The van der Waals surface area contributed by atoms with Gasteiger partial charge in [-0.25, -0.2) is 9.18 Å². The molecular weight excluding hydrogens is 314 g/mol. The van der Waals surface area contributed by atoms with Crippen LogP contribution in [0.15, 0.2) is 11.0 Å². The molecule has 1 aromatic carbocycles. The Bertz CT molecular complexity index is 947. The van der Waals surface area contributed by atoms with Crippen LogP contribution in [0.5, 0.6) is 0 Å². The molecule has 0 spiro atoms. The van der Waals surface area contributed by atoms with Gasteiger partial charge in [0, 0.05) is 17.8 Å². The van der Waals surface area contributed by atoms with Gasteiger partial charge >= 0.3 is 11.7 Å². The monoisotopic (exact) mass is 324 g/mol. The summed E-state index contributed by atoms with van der Waals surface area (Å²) in [5, 5.41) is 19.5. The molecule has 1 heterocycles. The highest BCUT2D eigenvalue weighted by atomic mass is 19.2. The molecule has 1 saturated carbocycles. The van der Waals surface area contributed by atoms with Gasteiger partial charge in [-0.3, -0.25) is 14.9 Å². The zero-order chi connectivity index (χ0) is 17.0. The van der Waals surface area contributed by atoms with Gasteiger partial charge in [-0.2, -0.15) is 4.39 Å². The number of nitrogens with zero attached hydrogens (tertiary/aromatic N) is 2. The Morgan fingerprint density at radius 3 is 2.48 bits per heavy atom. The van der Waals surface area contributed by atoms with Crippen LogP contribution < -0.4 is 5.43 Å². The summed E-state index contributed by atoms with van der Waals surface area (Å²) in [6.07, 6.45) is 2.35. The molecule has 0 aliphatic heterocycles. The number of aromatic nitrogens is 1. The number of aryl methyl sites for hydroxylation is 1. The van der Waals surface area contributed by atoms with Gasteiger partial charge in [0.25, 0.3) is 0 Å². The Labute approximate surface area is 126 Å². The lowest BCUT2D eigenvalue weighted by atomic mass is 10.0. The van der Waals surface area contributed by atoms with Crippen molar-refractivity contribution in [2.75, 3.05) is 0 Å². The van der Waals surface area contributed by atoms with Crippen molar-refractivity contribution in [2.24, 2.45) is 0 Å². The minimum absolute atomic E-state index is 0.131. The number of hydrogen-bond donors (Lipinski definition) is 1. The summed E-state index contributed by atoms with van der Waals surface area (Å²) in [5.41, 5.74) is -3.63. The van der Waals surface area contributed by atoms with Crippen molar-refractivity contribution in [3.63, 3.8) is 0 Å². The van der Waals surface area contributed by atoms with Gasteiger partial charge < -0.3 is 9.67 Å². The molecule has 0 atom stereocenters. The first-order valence-corrected chi connectivity index (χ1v) is 6.69. The Morgan fingerprint density at radius 2 is 2.00 bits per heavy atom. The lowest BCUT2D eigenvalue weighted by Gasteiger charge is -2.14. The fraction of sp³-hybridized carbons (Fsp3) is 0.286. The van der Waals surface area contributed by atoms with Crippen molar-refractivity contribution in [2.45, 2.75) is 25.8 Å². The number of carboxylic acid groups (broad SMARTS) is 1. The Hall–Kier alpha value is -2.84. The Morgan fingerprint density at radius 1 is 1.39 bits per heavy atom. The maximum absolute atomic E-state index is 14.0. The van der Waals surface area contributed by atoms with Crippen LogP contribution in [0.25, 0.3) is 10.9 Å². The molecule has 0 amide bonds. The molecule has 1 aromatic heterocycles. The molecule has 1 fully saturated rings. The van der Waals surface area contributed by atoms with E-state index in [9.17, 15) is 28.5 Å². The van der Waals surface area contributed by atoms with Crippen molar-refractivity contribution in [1.29, 1.82) is 0 Å². The van der Waals surface area contributed by atoms with Gasteiger partial charge in [-0.1, -0.05) is 0 Å². The molecule has 0 bridgehead atoms. The number of hydrogen-bond acceptors (Lipinski definition) is 4. The largest absolute Gasteiger partial charge is 0.477 e. The molecule has 120 valence electrons. The molecule has 1 aliphatic carbocycles. The van der Waals surface area contributed by atoms with Crippen molar-refractivity contribution in [3.05, 3.63) is 49.3 Å². The zero-order valence-corrected chi connectivity index (χ0v) is 11.8. The number of rotatable bonds is 3. The second kappa shape index (κ2) is 4.83. The van der Waals surface area contributed by atoms with E-state index >= 15 is 0 Å². The van der Waals surface area contributed by atoms with Crippen LogP contribution in [0.3, 0.4) is 0 Å². The van der Waals surface area contributed by atoms with Crippen molar-refractivity contribution in [3.8, 4) is 0 Å². The van der Waals surface area contributed by atoms with Gasteiger partial charge in [0.05, 0.1) is 10.4 Å². The number of nitro groups is 1. The molecule has 0 saturated heterocycles. The topological polar surface area (TPSA) is 102 Å². The minimum Gasteiger partial charge on any atom is -0.477 e. The third-order valence-electron chi connectivity index (χ3n) is 3.91. The summed E-state index contributed by atoms with van der Waals surface area (Å²) in [7, 11) is 0. The van der Waals surface area contributed by atoms with Crippen LogP contribution in [-0.2, 0) is 0 Å². The number of fused-ring (bicyclic) bond motifs is 1. The number of halogens is 2. The van der Waals surface area contributed by atoms with E-state index in [1.165, 1.54) is 11.5 Å². The summed E-state index contributed by atoms with van der Waals surface area (Å²) in [4.78, 5) is 33.5. The highest BCUT2D eigenvalue weighted by Crippen LogP contribution is 2.40. The van der Waals surface area contributed by atoms with Crippen molar-refractivity contribution in [1.82, 2.24) is 4.57 Å². The van der Waals surface area contributed by atoms with E-state index in [1.807, 2.05) is 0 Å². The highest BCUT2D eigenvalue weighted by Gasteiger charge is 2.34. The number of nitro benzene ring substituents is 1. The zero-order valence-electron chi connectivity index (χ0n) is 11.8. The van der Waals surface area contributed by atoms with Crippen LogP contribution in [-0.4, -0.2) is 20.6 Å². The smallest absolute Gasteiger partial charge is 0.341 e. The number of pyridine rings is 1. The third-order valence-corrected chi connectivity index (χ3v) is 3.91. The second-order valence-electron chi connectivity index (χ2n) is 5.40. The first-order chi connectivity index (χ1) is 10.8. The Kier molecular flexibility index (Phi) is 3.17. The van der Waals surface area contributed by atoms with Gasteiger partial charge in [-0.15, -0.1) is 0 Å². The standard InChI is InChI=1S/C14H10F2N2O5/c1-5-9(15)10(16)12(18(22)23)8-11(5)17(6-2-3-6)4-7(13(8)19)14(20)21/h4,6H,2-3H2,1H3,(H,20,21). The molecule has 7 nitrogen and oxygen atoms in total. The van der Waals surface area contributed by atoms with E-state index in [1.54, 1.807) is 0 Å². The minimum atomic E-state index is -1.76. The fourth-order valence-electron chi connectivity index (χ4n) is 2.68. The number of benzene rings is 1.